The Morgan fingerprint density at radius 1 is 1.08 bits per heavy atom. The lowest BCUT2D eigenvalue weighted by Gasteiger charge is -2.56. The maximum atomic E-state index is 12.6. The molecular weight excluding hydrogens is 393 g/mol. The monoisotopic (exact) mass is 415 g/mol. The second-order valence-corrected chi connectivity index (χ2v) is 11.3. The number of carbonyl (C=O) groups excluding carboxylic acids is 1. The van der Waals surface area contributed by atoms with Gasteiger partial charge in [0.15, 0.2) is 9.84 Å². The smallest absolute Gasteiger partial charge is 0.221 e. The van der Waals surface area contributed by atoms with Crippen molar-refractivity contribution in [2.24, 2.45) is 17.8 Å². The standard InChI is InChI=1S/C19H23Cl2NO3S/c20-15-1-2-16(21)17(8-15)26(24,25)4-3-18(23)22-19-9-12-5-13(10-19)7-14(6-12)11-19/h1-2,8,12-14H,3-7,9-11H2,(H,22,23). The molecule has 0 heterocycles. The minimum atomic E-state index is -3.65. The van der Waals surface area contributed by atoms with Crippen LogP contribution in [0.25, 0.3) is 0 Å². The van der Waals surface area contributed by atoms with E-state index in [1.54, 1.807) is 6.07 Å². The van der Waals surface area contributed by atoms with Crippen molar-refractivity contribution in [2.75, 3.05) is 5.75 Å². The molecule has 4 fully saturated rings. The summed E-state index contributed by atoms with van der Waals surface area (Å²) in [4.78, 5) is 12.5. The first-order chi connectivity index (χ1) is 12.2. The topological polar surface area (TPSA) is 63.2 Å². The second-order valence-electron chi connectivity index (χ2n) is 8.39. The molecule has 4 nitrogen and oxygen atoms in total. The molecular formula is C19H23Cl2NO3S. The predicted octanol–water partition coefficient (Wildman–Crippen LogP) is 4.24. The third-order valence-corrected chi connectivity index (χ3v) is 8.70. The van der Waals surface area contributed by atoms with Gasteiger partial charge in [0, 0.05) is 17.0 Å². The predicted molar refractivity (Wildman–Crippen MR) is 102 cm³/mol. The van der Waals surface area contributed by atoms with Gasteiger partial charge in [0.05, 0.1) is 15.7 Å². The molecule has 4 bridgehead atoms. The van der Waals surface area contributed by atoms with Crippen LogP contribution in [0.5, 0.6) is 0 Å². The van der Waals surface area contributed by atoms with Crippen molar-refractivity contribution in [1.82, 2.24) is 5.32 Å². The zero-order valence-electron chi connectivity index (χ0n) is 14.5. The average molecular weight is 416 g/mol. The largest absolute Gasteiger partial charge is 0.351 e. The van der Waals surface area contributed by atoms with Crippen LogP contribution in [0.1, 0.15) is 44.9 Å². The molecule has 5 rings (SSSR count). The van der Waals surface area contributed by atoms with Gasteiger partial charge in [-0.2, -0.15) is 0 Å². The SMILES string of the molecule is O=C(CCS(=O)(=O)c1cc(Cl)ccc1Cl)NC12CC3CC(CC(C3)C1)C2. The van der Waals surface area contributed by atoms with Crippen molar-refractivity contribution in [3.05, 3.63) is 28.2 Å². The zero-order chi connectivity index (χ0) is 18.5. The molecule has 4 aliphatic rings. The number of amides is 1. The minimum Gasteiger partial charge on any atom is -0.351 e. The third kappa shape index (κ3) is 3.63. The zero-order valence-corrected chi connectivity index (χ0v) is 16.8. The number of sulfone groups is 1. The van der Waals surface area contributed by atoms with Crippen molar-refractivity contribution in [3.8, 4) is 0 Å². The number of halogens is 2. The van der Waals surface area contributed by atoms with Gasteiger partial charge in [0.1, 0.15) is 0 Å². The number of carbonyl (C=O) groups is 1. The first-order valence-electron chi connectivity index (χ1n) is 9.23. The summed E-state index contributed by atoms with van der Waals surface area (Å²) in [5.74, 6) is 1.76. The van der Waals surface area contributed by atoms with Crippen molar-refractivity contribution in [3.63, 3.8) is 0 Å². The maximum Gasteiger partial charge on any atom is 0.221 e. The van der Waals surface area contributed by atoms with E-state index in [0.717, 1.165) is 37.0 Å². The number of rotatable bonds is 5. The fourth-order valence-corrected chi connectivity index (χ4v) is 7.73. The van der Waals surface area contributed by atoms with E-state index in [9.17, 15) is 13.2 Å². The van der Waals surface area contributed by atoms with Crippen molar-refractivity contribution < 1.29 is 13.2 Å². The van der Waals surface area contributed by atoms with E-state index in [4.69, 9.17) is 23.2 Å². The number of hydrogen-bond acceptors (Lipinski definition) is 3. The minimum absolute atomic E-state index is 0.00530. The lowest BCUT2D eigenvalue weighted by atomic mass is 9.53. The number of hydrogen-bond donors (Lipinski definition) is 1. The molecule has 0 atom stereocenters. The first kappa shape index (κ1) is 18.6. The maximum absolute atomic E-state index is 12.6. The van der Waals surface area contributed by atoms with E-state index in [1.807, 2.05) is 0 Å². The summed E-state index contributed by atoms with van der Waals surface area (Å²) in [6.07, 6.45) is 7.02. The number of benzene rings is 1. The molecule has 0 aliphatic heterocycles. The molecule has 1 N–H and O–H groups in total. The fraction of sp³-hybridized carbons (Fsp3) is 0.632. The van der Waals surface area contributed by atoms with Crippen LogP contribution in [-0.4, -0.2) is 25.6 Å². The molecule has 0 radical (unpaired) electrons. The Morgan fingerprint density at radius 3 is 2.23 bits per heavy atom. The molecule has 0 aromatic heterocycles. The molecule has 0 saturated heterocycles. The summed E-state index contributed by atoms with van der Waals surface area (Å²) in [6.45, 7) is 0. The summed E-state index contributed by atoms with van der Waals surface area (Å²) in [5.41, 5.74) is -0.0940. The summed E-state index contributed by atoms with van der Waals surface area (Å²) < 4.78 is 25.1. The lowest BCUT2D eigenvalue weighted by molar-refractivity contribution is -0.126. The summed E-state index contributed by atoms with van der Waals surface area (Å²) in [6, 6.07) is 4.35. The molecule has 0 unspecified atom stereocenters. The van der Waals surface area contributed by atoms with E-state index >= 15 is 0 Å². The van der Waals surface area contributed by atoms with Gasteiger partial charge in [-0.15, -0.1) is 0 Å². The first-order valence-corrected chi connectivity index (χ1v) is 11.6. The molecule has 1 aromatic carbocycles. The molecule has 142 valence electrons. The van der Waals surface area contributed by atoms with Gasteiger partial charge in [0.25, 0.3) is 0 Å². The van der Waals surface area contributed by atoms with Gasteiger partial charge in [-0.25, -0.2) is 8.42 Å². The van der Waals surface area contributed by atoms with Crippen molar-refractivity contribution >= 4 is 38.9 Å². The highest BCUT2D eigenvalue weighted by Crippen LogP contribution is 2.55. The van der Waals surface area contributed by atoms with E-state index in [2.05, 4.69) is 5.32 Å². The van der Waals surface area contributed by atoms with Gasteiger partial charge < -0.3 is 5.32 Å². The van der Waals surface area contributed by atoms with Gasteiger partial charge in [-0.1, -0.05) is 23.2 Å². The van der Waals surface area contributed by atoms with E-state index in [0.29, 0.717) is 5.02 Å². The highest BCUT2D eigenvalue weighted by Gasteiger charge is 2.51. The molecule has 4 aliphatic carbocycles. The van der Waals surface area contributed by atoms with E-state index in [1.165, 1.54) is 31.4 Å². The van der Waals surface area contributed by atoms with Crippen LogP contribution in [0.3, 0.4) is 0 Å². The van der Waals surface area contributed by atoms with Crippen molar-refractivity contribution in [1.29, 1.82) is 0 Å². The Balaban J connectivity index is 1.40. The van der Waals surface area contributed by atoms with Gasteiger partial charge >= 0.3 is 0 Å². The van der Waals surface area contributed by atoms with Crippen LogP contribution in [-0.2, 0) is 14.6 Å². The molecule has 0 spiro atoms. The van der Waals surface area contributed by atoms with E-state index in [-0.39, 0.29) is 33.5 Å². The lowest BCUT2D eigenvalue weighted by Crippen LogP contribution is -2.59. The molecule has 1 aromatic rings. The van der Waals surface area contributed by atoms with Crippen LogP contribution in [0.2, 0.25) is 10.0 Å². The molecule has 4 saturated carbocycles. The van der Waals surface area contributed by atoms with Gasteiger partial charge in [-0.3, -0.25) is 4.79 Å². The second kappa shape index (κ2) is 6.68. The molecule has 1 amide bonds. The van der Waals surface area contributed by atoms with Gasteiger partial charge in [0.2, 0.25) is 5.91 Å². The summed E-state index contributed by atoms with van der Waals surface area (Å²) >= 11 is 11.9. The average Bonchev–Trinajstić information content (AvgIpc) is 2.53. The Bertz CT molecular complexity index is 802. The van der Waals surface area contributed by atoms with Crippen molar-refractivity contribution in [2.45, 2.75) is 55.4 Å². The van der Waals surface area contributed by atoms with Crippen LogP contribution in [0.4, 0.5) is 0 Å². The quantitative estimate of drug-likeness (QED) is 0.781. The van der Waals surface area contributed by atoms with Crippen LogP contribution >= 0.6 is 23.2 Å². The van der Waals surface area contributed by atoms with E-state index < -0.39 is 9.84 Å². The number of nitrogens with one attached hydrogen (secondary N) is 1. The highest BCUT2D eigenvalue weighted by atomic mass is 35.5. The Hall–Kier alpha value is -0.780. The Labute approximate surface area is 164 Å². The molecule has 26 heavy (non-hydrogen) atoms. The van der Waals surface area contributed by atoms with Crippen LogP contribution < -0.4 is 5.32 Å². The highest BCUT2D eigenvalue weighted by molar-refractivity contribution is 7.91. The fourth-order valence-electron chi connectivity index (χ4n) is 5.67. The van der Waals surface area contributed by atoms with Crippen LogP contribution in [0, 0.1) is 17.8 Å². The molecule has 7 heteroatoms. The van der Waals surface area contributed by atoms with Gasteiger partial charge in [-0.05, 0) is 74.5 Å². The Morgan fingerprint density at radius 2 is 1.65 bits per heavy atom. The summed E-state index contributed by atoms with van der Waals surface area (Å²) in [5, 5.41) is 3.66. The normalized spacial score (nSPS) is 32.6. The Kier molecular flexibility index (Phi) is 4.77. The third-order valence-electron chi connectivity index (χ3n) is 6.27. The van der Waals surface area contributed by atoms with Crippen LogP contribution in [0.15, 0.2) is 23.1 Å². The summed E-state index contributed by atoms with van der Waals surface area (Å²) in [7, 11) is -3.65.